The topological polar surface area (TPSA) is 4.93 Å². The monoisotopic (exact) mass is 549 g/mol. The van der Waals surface area contributed by atoms with Gasteiger partial charge in [0.25, 0.3) is 0 Å². The Bertz CT molecular complexity index is 1780. The molecule has 0 aliphatic rings. The highest BCUT2D eigenvalue weighted by molar-refractivity contribution is 6.09. The van der Waals surface area contributed by atoms with Crippen LogP contribution in [0.15, 0.2) is 84.9 Å². The molecule has 8 heteroatoms. The molecule has 1 atom stereocenters. The molecule has 0 aliphatic carbocycles. The highest BCUT2D eigenvalue weighted by Crippen LogP contribution is 2.41. The van der Waals surface area contributed by atoms with Crippen LogP contribution in [0.5, 0.6) is 0 Å². The lowest BCUT2D eigenvalue weighted by atomic mass is 9.83. The molecule has 1 nitrogen and oxygen atoms in total. The summed E-state index contributed by atoms with van der Waals surface area (Å²) in [5.41, 5.74) is -1.56. The van der Waals surface area contributed by atoms with Crippen molar-refractivity contribution in [2.75, 3.05) is 0 Å². The first-order chi connectivity index (χ1) is 19.2. The number of hydrogen-bond acceptors (Lipinski definition) is 0. The molecule has 40 heavy (non-hydrogen) atoms. The van der Waals surface area contributed by atoms with Crippen molar-refractivity contribution in [2.24, 2.45) is 0 Å². The molecule has 0 saturated heterocycles. The fourth-order valence-electron chi connectivity index (χ4n) is 5.42. The van der Waals surface area contributed by atoms with Crippen LogP contribution in [0.3, 0.4) is 0 Å². The summed E-state index contributed by atoms with van der Waals surface area (Å²) in [5, 5.41) is 1.47. The predicted octanol–water partition coefficient (Wildman–Crippen LogP) is 9.25. The average molecular weight is 549 g/mol. The first-order valence-corrected chi connectivity index (χ1v) is 12.2. The molecular formula is C32H18F7N. The third kappa shape index (κ3) is 4.02. The van der Waals surface area contributed by atoms with E-state index in [4.69, 9.17) is 0 Å². The number of rotatable bonds is 4. The zero-order valence-corrected chi connectivity index (χ0v) is 20.8. The Morgan fingerprint density at radius 1 is 0.525 bits per heavy atom. The van der Waals surface area contributed by atoms with Crippen molar-refractivity contribution in [3.63, 3.8) is 0 Å². The van der Waals surface area contributed by atoms with Crippen LogP contribution in [0.4, 0.5) is 30.7 Å². The van der Waals surface area contributed by atoms with E-state index < -0.39 is 69.0 Å². The SMILES string of the molecule is Cc1cc(F)c(C(c2cc(F)c(-n3c4ccccc4c4ccccc43)c(F)c2)c2c(F)cc(F)cc2F)c(F)c1. The van der Waals surface area contributed by atoms with Gasteiger partial charge in [-0.1, -0.05) is 36.4 Å². The molecule has 1 aromatic heterocycles. The second-order valence-electron chi connectivity index (χ2n) is 9.56. The van der Waals surface area contributed by atoms with E-state index in [0.717, 1.165) is 35.0 Å². The summed E-state index contributed by atoms with van der Waals surface area (Å²) in [4.78, 5) is 0. The van der Waals surface area contributed by atoms with Gasteiger partial charge < -0.3 is 4.57 Å². The van der Waals surface area contributed by atoms with Gasteiger partial charge in [0.05, 0.1) is 11.0 Å². The van der Waals surface area contributed by atoms with Crippen molar-refractivity contribution in [1.82, 2.24) is 4.57 Å². The molecule has 0 fully saturated rings. The molecule has 0 saturated carbocycles. The zero-order valence-electron chi connectivity index (χ0n) is 20.8. The Balaban J connectivity index is 1.65. The fraction of sp³-hybridized carbons (Fsp3) is 0.0625. The van der Waals surface area contributed by atoms with Crippen LogP contribution in [0.2, 0.25) is 0 Å². The minimum absolute atomic E-state index is 0.177. The number of fused-ring (bicyclic) bond motifs is 3. The molecule has 6 rings (SSSR count). The van der Waals surface area contributed by atoms with Gasteiger partial charge in [-0.25, -0.2) is 30.7 Å². The molecule has 1 heterocycles. The van der Waals surface area contributed by atoms with E-state index >= 15 is 26.3 Å². The van der Waals surface area contributed by atoms with Gasteiger partial charge >= 0.3 is 0 Å². The van der Waals surface area contributed by atoms with Crippen LogP contribution >= 0.6 is 0 Å². The average Bonchev–Trinajstić information content (AvgIpc) is 3.21. The standard InChI is InChI=1S/C32H18F7N/c1-16-10-21(34)30(22(35)11-16)29(31-23(36)14-18(33)15-24(31)37)17-12-25(38)32(26(39)13-17)40-27-8-4-2-6-19(27)20-7-3-5-9-28(20)40/h2-15,29H,1H3. The molecule has 0 bridgehead atoms. The van der Waals surface area contributed by atoms with Gasteiger partial charge in [0, 0.05) is 39.9 Å². The van der Waals surface area contributed by atoms with Gasteiger partial charge in [-0.2, -0.15) is 0 Å². The van der Waals surface area contributed by atoms with Crippen molar-refractivity contribution in [2.45, 2.75) is 12.8 Å². The minimum Gasteiger partial charge on any atom is -0.304 e. The van der Waals surface area contributed by atoms with E-state index in [2.05, 4.69) is 0 Å². The number of hydrogen-bond donors (Lipinski definition) is 0. The Labute approximate surface area is 223 Å². The van der Waals surface area contributed by atoms with Gasteiger partial charge in [0.15, 0.2) is 11.6 Å². The maximum atomic E-state index is 16.0. The Morgan fingerprint density at radius 3 is 1.43 bits per heavy atom. The molecule has 200 valence electrons. The van der Waals surface area contributed by atoms with Gasteiger partial charge in [-0.05, 0) is 54.4 Å². The number of aromatic nitrogens is 1. The predicted molar refractivity (Wildman–Crippen MR) is 139 cm³/mol. The summed E-state index contributed by atoms with van der Waals surface area (Å²) < 4.78 is 107. The summed E-state index contributed by atoms with van der Waals surface area (Å²) in [6.07, 6.45) is 0. The lowest BCUT2D eigenvalue weighted by molar-refractivity contribution is 0.503. The lowest BCUT2D eigenvalue weighted by Gasteiger charge is -2.23. The van der Waals surface area contributed by atoms with E-state index in [0.29, 0.717) is 23.2 Å². The van der Waals surface area contributed by atoms with Crippen molar-refractivity contribution >= 4 is 21.8 Å². The maximum absolute atomic E-state index is 16.0. The van der Waals surface area contributed by atoms with Crippen molar-refractivity contribution < 1.29 is 30.7 Å². The molecule has 0 spiro atoms. The summed E-state index contributed by atoms with van der Waals surface area (Å²) >= 11 is 0. The first kappa shape index (κ1) is 25.7. The second kappa shape index (κ2) is 9.55. The summed E-state index contributed by atoms with van der Waals surface area (Å²) in [6.45, 7) is 1.41. The van der Waals surface area contributed by atoms with Crippen molar-refractivity contribution in [3.05, 3.63) is 148 Å². The fourth-order valence-corrected chi connectivity index (χ4v) is 5.42. The second-order valence-corrected chi connectivity index (χ2v) is 9.56. The van der Waals surface area contributed by atoms with E-state index in [1.807, 2.05) is 0 Å². The molecule has 5 aromatic carbocycles. The van der Waals surface area contributed by atoms with Gasteiger partial charge in [0.2, 0.25) is 0 Å². The zero-order chi connectivity index (χ0) is 28.3. The summed E-state index contributed by atoms with van der Waals surface area (Å²) in [7, 11) is 0. The third-order valence-corrected chi connectivity index (χ3v) is 7.02. The lowest BCUT2D eigenvalue weighted by Crippen LogP contribution is -2.15. The first-order valence-electron chi connectivity index (χ1n) is 12.2. The highest BCUT2D eigenvalue weighted by Gasteiger charge is 2.32. The van der Waals surface area contributed by atoms with Crippen molar-refractivity contribution in [3.8, 4) is 5.69 Å². The van der Waals surface area contributed by atoms with Crippen LogP contribution in [-0.4, -0.2) is 4.57 Å². The Kier molecular flexibility index (Phi) is 6.13. The minimum atomic E-state index is -1.97. The van der Waals surface area contributed by atoms with Gasteiger partial charge in [-0.3, -0.25) is 0 Å². The van der Waals surface area contributed by atoms with Crippen LogP contribution in [0, 0.1) is 47.6 Å². The Morgan fingerprint density at radius 2 is 0.950 bits per heavy atom. The van der Waals surface area contributed by atoms with Crippen LogP contribution in [0.25, 0.3) is 27.5 Å². The van der Waals surface area contributed by atoms with Gasteiger partial charge in [0.1, 0.15) is 34.8 Å². The molecule has 0 radical (unpaired) electrons. The van der Waals surface area contributed by atoms with E-state index in [9.17, 15) is 4.39 Å². The highest BCUT2D eigenvalue weighted by atomic mass is 19.2. The smallest absolute Gasteiger partial charge is 0.150 e. The number of nitrogens with zero attached hydrogens (tertiary/aromatic N) is 1. The number of para-hydroxylation sites is 2. The van der Waals surface area contributed by atoms with E-state index in [1.165, 1.54) is 11.5 Å². The molecule has 6 aromatic rings. The van der Waals surface area contributed by atoms with Crippen molar-refractivity contribution in [1.29, 1.82) is 0 Å². The van der Waals surface area contributed by atoms with Gasteiger partial charge in [-0.15, -0.1) is 0 Å². The quantitative estimate of drug-likeness (QED) is 0.153. The van der Waals surface area contributed by atoms with Crippen LogP contribution < -0.4 is 0 Å². The normalized spacial score (nSPS) is 12.4. The molecule has 0 N–H and O–H groups in total. The summed E-state index contributed by atoms with van der Waals surface area (Å²) in [6, 6.07) is 18.1. The Hall–Kier alpha value is -4.59. The molecule has 1 unspecified atom stereocenters. The molecule has 0 amide bonds. The largest absolute Gasteiger partial charge is 0.304 e. The van der Waals surface area contributed by atoms with E-state index in [1.54, 1.807) is 48.5 Å². The maximum Gasteiger partial charge on any atom is 0.150 e. The molecule has 0 aliphatic heterocycles. The number of aryl methyl sites for hydroxylation is 1. The number of benzene rings is 5. The van der Waals surface area contributed by atoms with Crippen LogP contribution in [0.1, 0.15) is 28.2 Å². The summed E-state index contributed by atoms with van der Waals surface area (Å²) in [5.74, 6) is -10.8. The van der Waals surface area contributed by atoms with Crippen LogP contribution in [-0.2, 0) is 0 Å². The molecular weight excluding hydrogens is 531 g/mol. The van der Waals surface area contributed by atoms with E-state index in [-0.39, 0.29) is 5.56 Å². The number of halogens is 7. The third-order valence-electron chi connectivity index (χ3n) is 7.02.